The molecule has 1 aliphatic heterocycles. The Hall–Kier alpha value is -2.06. The van der Waals surface area contributed by atoms with Crippen LogP contribution in [0.2, 0.25) is 0 Å². The van der Waals surface area contributed by atoms with Gasteiger partial charge in [-0.1, -0.05) is 0 Å². The van der Waals surface area contributed by atoms with Gasteiger partial charge in [0.15, 0.2) is 0 Å². The van der Waals surface area contributed by atoms with Crippen LogP contribution in [0.3, 0.4) is 0 Å². The fraction of sp³-hybridized carbons (Fsp3) is 0.438. The van der Waals surface area contributed by atoms with Crippen molar-refractivity contribution in [1.29, 1.82) is 0 Å². The van der Waals surface area contributed by atoms with Gasteiger partial charge in [0.2, 0.25) is 6.29 Å². The molecule has 28 heavy (non-hydrogen) atoms. The Kier molecular flexibility index (Phi) is 5.72. The lowest BCUT2D eigenvalue weighted by atomic mass is 9.98. The third-order valence-electron chi connectivity index (χ3n) is 4.34. The number of aryl methyl sites for hydroxylation is 1. The molecule has 3 rings (SSSR count). The van der Waals surface area contributed by atoms with E-state index in [1.165, 1.54) is 18.2 Å². The minimum absolute atomic E-state index is 0.0914. The Bertz CT molecular complexity index is 1020. The molecule has 0 amide bonds. The number of fused-ring (bicyclic) bond motifs is 1. The van der Waals surface area contributed by atoms with Gasteiger partial charge in [-0.2, -0.15) is 13.1 Å². The van der Waals surface area contributed by atoms with Crippen molar-refractivity contribution in [3.05, 3.63) is 40.2 Å². The Morgan fingerprint density at radius 2 is 1.93 bits per heavy atom. The van der Waals surface area contributed by atoms with E-state index in [9.17, 15) is 28.5 Å². The number of hydrogen-bond acceptors (Lipinski definition) is 9. The lowest BCUT2D eigenvalue weighted by Gasteiger charge is -2.41. The molecule has 2 heterocycles. The van der Waals surface area contributed by atoms with Crippen molar-refractivity contribution in [3.63, 3.8) is 0 Å². The molecule has 5 N–H and O–H groups in total. The molecule has 154 valence electrons. The summed E-state index contributed by atoms with van der Waals surface area (Å²) in [6.45, 7) is 1.04. The van der Waals surface area contributed by atoms with Crippen LogP contribution in [0.15, 0.2) is 33.5 Å². The summed E-state index contributed by atoms with van der Waals surface area (Å²) < 4.78 is 49.1. The lowest BCUT2D eigenvalue weighted by molar-refractivity contribution is -0.242. The number of aliphatic hydroxyl groups is 3. The molecule has 0 aliphatic carbocycles. The van der Waals surface area contributed by atoms with Gasteiger partial charge >= 0.3 is 15.9 Å². The minimum Gasteiger partial charge on any atom is -0.463 e. The summed E-state index contributed by atoms with van der Waals surface area (Å²) in [5.74, 6) is 0.0914. The zero-order chi connectivity index (χ0) is 20.6. The van der Waals surface area contributed by atoms with E-state index < -0.39 is 53.2 Å². The van der Waals surface area contributed by atoms with Crippen molar-refractivity contribution >= 4 is 21.3 Å². The average molecular weight is 417 g/mol. The van der Waals surface area contributed by atoms with Gasteiger partial charge in [-0.05, 0) is 24.6 Å². The zero-order valence-corrected chi connectivity index (χ0v) is 15.4. The minimum atomic E-state index is -4.78. The maximum absolute atomic E-state index is 11.5. The molecule has 0 saturated carbocycles. The molecule has 1 aromatic heterocycles. The standard InChI is InChI=1S/C16H19NO10S/c1-7-4-12(19)26-10-5-8(2-3-9(7)10)25-16-13(17-28(22,23)24)15(21)14(20)11(6-18)27-16/h2-5,11,13-18,20-21H,6H2,1H3,(H,22,23,24)/t11-,13-,14+,15+,16-/m0/s1. The number of aliphatic hydroxyl groups excluding tert-OH is 3. The summed E-state index contributed by atoms with van der Waals surface area (Å²) in [4.78, 5) is 11.5. The SMILES string of the molecule is Cc1cc(=O)oc2cc(O[C@H]3O[C@@H](CO)[C@@H](O)[C@H](O)[C@@H]3NS(=O)(=O)O)ccc12. The van der Waals surface area contributed by atoms with Crippen molar-refractivity contribution in [1.82, 2.24) is 4.72 Å². The molecular weight excluding hydrogens is 398 g/mol. The molecule has 1 saturated heterocycles. The van der Waals surface area contributed by atoms with Crippen LogP contribution >= 0.6 is 0 Å². The highest BCUT2D eigenvalue weighted by Gasteiger charge is 2.47. The highest BCUT2D eigenvalue weighted by molar-refractivity contribution is 7.83. The van der Waals surface area contributed by atoms with Gasteiger partial charge in [0.25, 0.3) is 0 Å². The number of hydrogen-bond donors (Lipinski definition) is 5. The first-order chi connectivity index (χ1) is 13.1. The monoisotopic (exact) mass is 417 g/mol. The Morgan fingerprint density at radius 3 is 2.57 bits per heavy atom. The molecule has 0 unspecified atom stereocenters. The highest BCUT2D eigenvalue weighted by atomic mass is 32.2. The van der Waals surface area contributed by atoms with Gasteiger partial charge < -0.3 is 29.2 Å². The molecule has 1 aromatic carbocycles. The maximum atomic E-state index is 11.5. The maximum Gasteiger partial charge on any atom is 0.336 e. The van der Waals surface area contributed by atoms with E-state index in [0.717, 1.165) is 0 Å². The van der Waals surface area contributed by atoms with E-state index in [1.807, 2.05) is 0 Å². The first-order valence-electron chi connectivity index (χ1n) is 8.17. The van der Waals surface area contributed by atoms with Gasteiger partial charge in [-0.3, -0.25) is 4.55 Å². The zero-order valence-electron chi connectivity index (χ0n) is 14.5. The second kappa shape index (κ2) is 7.75. The largest absolute Gasteiger partial charge is 0.463 e. The molecule has 0 spiro atoms. The fourth-order valence-electron chi connectivity index (χ4n) is 2.99. The van der Waals surface area contributed by atoms with Gasteiger partial charge in [0.1, 0.15) is 35.7 Å². The van der Waals surface area contributed by atoms with E-state index in [1.54, 1.807) is 17.7 Å². The van der Waals surface area contributed by atoms with E-state index in [2.05, 4.69) is 0 Å². The number of rotatable bonds is 5. The molecule has 5 atom stereocenters. The normalized spacial score (nSPS) is 28.4. The second-order valence-corrected chi connectivity index (χ2v) is 7.54. The molecule has 11 nitrogen and oxygen atoms in total. The summed E-state index contributed by atoms with van der Waals surface area (Å²) in [5, 5.41) is 30.1. The van der Waals surface area contributed by atoms with Crippen molar-refractivity contribution < 1.29 is 42.2 Å². The molecular formula is C16H19NO10S. The van der Waals surface area contributed by atoms with Crippen LogP contribution in [0.1, 0.15) is 5.56 Å². The van der Waals surface area contributed by atoms with Crippen LogP contribution < -0.4 is 15.1 Å². The third-order valence-corrected chi connectivity index (χ3v) is 4.91. The van der Waals surface area contributed by atoms with Gasteiger partial charge in [-0.15, -0.1) is 0 Å². The Balaban J connectivity index is 1.94. The summed E-state index contributed by atoms with van der Waals surface area (Å²) in [6.07, 6.45) is -6.17. The van der Waals surface area contributed by atoms with Crippen molar-refractivity contribution in [2.75, 3.05) is 6.61 Å². The predicted molar refractivity (Wildman–Crippen MR) is 94.1 cm³/mol. The summed E-state index contributed by atoms with van der Waals surface area (Å²) in [5.41, 5.74) is 0.314. The van der Waals surface area contributed by atoms with E-state index in [0.29, 0.717) is 10.9 Å². The average Bonchev–Trinajstić information content (AvgIpc) is 2.59. The summed E-state index contributed by atoms with van der Waals surface area (Å²) >= 11 is 0. The summed E-state index contributed by atoms with van der Waals surface area (Å²) in [7, 11) is -4.78. The van der Waals surface area contributed by atoms with E-state index in [4.69, 9.17) is 18.4 Å². The first kappa shape index (κ1) is 20.7. The Morgan fingerprint density at radius 1 is 1.21 bits per heavy atom. The van der Waals surface area contributed by atoms with Crippen LogP contribution in [0.4, 0.5) is 0 Å². The van der Waals surface area contributed by atoms with Crippen LogP contribution in [-0.4, -0.2) is 65.5 Å². The third kappa shape index (κ3) is 4.33. The lowest BCUT2D eigenvalue weighted by Crippen LogP contribution is -2.65. The molecule has 12 heteroatoms. The van der Waals surface area contributed by atoms with E-state index >= 15 is 0 Å². The molecule has 0 bridgehead atoms. The molecule has 0 radical (unpaired) electrons. The van der Waals surface area contributed by atoms with Crippen LogP contribution in [-0.2, 0) is 15.0 Å². The molecule has 1 fully saturated rings. The van der Waals surface area contributed by atoms with Gasteiger partial charge in [0, 0.05) is 17.5 Å². The summed E-state index contributed by atoms with van der Waals surface area (Å²) in [6, 6.07) is 4.19. The quantitative estimate of drug-likeness (QED) is 0.290. The highest BCUT2D eigenvalue weighted by Crippen LogP contribution is 2.27. The number of benzene rings is 1. The van der Waals surface area contributed by atoms with Crippen molar-refractivity contribution in [2.45, 2.75) is 37.6 Å². The smallest absolute Gasteiger partial charge is 0.336 e. The van der Waals surface area contributed by atoms with Crippen LogP contribution in [0, 0.1) is 6.92 Å². The predicted octanol–water partition coefficient (Wildman–Crippen LogP) is -1.32. The van der Waals surface area contributed by atoms with Crippen molar-refractivity contribution in [3.8, 4) is 5.75 Å². The molecule has 1 aliphatic rings. The topological polar surface area (TPSA) is 176 Å². The second-order valence-electron chi connectivity index (χ2n) is 6.35. The number of ether oxygens (including phenoxy) is 2. The van der Waals surface area contributed by atoms with Crippen LogP contribution in [0.5, 0.6) is 5.75 Å². The fourth-order valence-corrected chi connectivity index (χ4v) is 3.59. The number of nitrogens with one attached hydrogen (secondary N) is 1. The van der Waals surface area contributed by atoms with E-state index in [-0.39, 0.29) is 11.3 Å². The van der Waals surface area contributed by atoms with Crippen LogP contribution in [0.25, 0.3) is 11.0 Å². The first-order valence-corrected chi connectivity index (χ1v) is 9.61. The van der Waals surface area contributed by atoms with Gasteiger partial charge in [0.05, 0.1) is 6.61 Å². The molecule has 2 aromatic rings. The van der Waals surface area contributed by atoms with Gasteiger partial charge in [-0.25, -0.2) is 4.79 Å². The Labute approximate surface area is 159 Å². The van der Waals surface area contributed by atoms with Crippen molar-refractivity contribution in [2.24, 2.45) is 0 Å².